The van der Waals surface area contributed by atoms with Crippen molar-refractivity contribution < 1.29 is 13.5 Å². The van der Waals surface area contributed by atoms with Crippen LogP contribution in [0.5, 0.6) is 0 Å². The van der Waals surface area contributed by atoms with Crippen LogP contribution in [0.15, 0.2) is 0 Å². The Bertz CT molecular complexity index is 341. The molecule has 0 radical (unpaired) electrons. The maximum absolute atomic E-state index is 12.0. The Morgan fingerprint density at radius 2 is 2.18 bits per heavy atom. The summed E-state index contributed by atoms with van der Waals surface area (Å²) in [5.41, 5.74) is -0.978. The number of nitrogens with one attached hydrogen (secondary N) is 1. The largest absolute Gasteiger partial charge is 0.389 e. The van der Waals surface area contributed by atoms with Crippen LogP contribution in [-0.2, 0) is 10.2 Å². The van der Waals surface area contributed by atoms with Gasteiger partial charge in [0.2, 0.25) is 0 Å². The van der Waals surface area contributed by atoms with Crippen LogP contribution in [0.2, 0.25) is 0 Å². The fourth-order valence-corrected chi connectivity index (χ4v) is 3.32. The first-order valence-electron chi connectivity index (χ1n) is 6.24. The Morgan fingerprint density at radius 1 is 1.53 bits per heavy atom. The van der Waals surface area contributed by atoms with E-state index in [4.69, 9.17) is 0 Å². The summed E-state index contributed by atoms with van der Waals surface area (Å²) in [7, 11) is -3.44. The Labute approximate surface area is 104 Å². The first-order valence-corrected chi connectivity index (χ1v) is 7.68. The summed E-state index contributed by atoms with van der Waals surface area (Å²) in [6.07, 6.45) is 2.51. The lowest BCUT2D eigenvalue weighted by Crippen LogP contribution is -2.49. The van der Waals surface area contributed by atoms with Crippen LogP contribution in [0.25, 0.3) is 0 Å². The lowest BCUT2D eigenvalue weighted by atomic mass is 10.0. The van der Waals surface area contributed by atoms with E-state index in [1.807, 2.05) is 6.92 Å². The molecule has 102 valence electrons. The standard InChI is InChI=1S/C11H24N2O3S/c1-4-11(3,14)9-12-17(15,16)13-7-5-6-10(2)8-13/h10,12,14H,4-9H2,1-3H3. The minimum absolute atomic E-state index is 0.0662. The fraction of sp³-hybridized carbons (Fsp3) is 1.00. The molecule has 0 aromatic carbocycles. The highest BCUT2D eigenvalue weighted by Gasteiger charge is 2.29. The number of hydrogen-bond donors (Lipinski definition) is 2. The average Bonchev–Trinajstić information content (AvgIpc) is 2.27. The molecule has 1 rings (SSSR count). The molecule has 0 aliphatic carbocycles. The quantitative estimate of drug-likeness (QED) is 0.768. The molecule has 1 saturated heterocycles. The van der Waals surface area contributed by atoms with Crippen LogP contribution in [0.4, 0.5) is 0 Å². The second-order valence-electron chi connectivity index (χ2n) is 5.28. The molecule has 0 spiro atoms. The maximum atomic E-state index is 12.0. The van der Waals surface area contributed by atoms with Gasteiger partial charge in [-0.15, -0.1) is 0 Å². The van der Waals surface area contributed by atoms with E-state index in [0.29, 0.717) is 25.4 Å². The molecule has 1 fully saturated rings. The van der Waals surface area contributed by atoms with Crippen molar-refractivity contribution >= 4 is 10.2 Å². The summed E-state index contributed by atoms with van der Waals surface area (Å²) < 4.78 is 28.0. The van der Waals surface area contributed by atoms with Crippen molar-refractivity contribution in [3.63, 3.8) is 0 Å². The van der Waals surface area contributed by atoms with Crippen molar-refractivity contribution in [2.24, 2.45) is 5.92 Å². The van der Waals surface area contributed by atoms with E-state index in [1.54, 1.807) is 6.92 Å². The number of piperidine rings is 1. The van der Waals surface area contributed by atoms with E-state index in [0.717, 1.165) is 12.8 Å². The highest BCUT2D eigenvalue weighted by Crippen LogP contribution is 2.18. The zero-order chi connectivity index (χ0) is 13.1. The molecule has 2 N–H and O–H groups in total. The van der Waals surface area contributed by atoms with Crippen LogP contribution in [-0.4, -0.2) is 43.1 Å². The lowest BCUT2D eigenvalue weighted by molar-refractivity contribution is 0.0607. The molecule has 17 heavy (non-hydrogen) atoms. The first kappa shape index (κ1) is 14.9. The summed E-state index contributed by atoms with van der Waals surface area (Å²) in [4.78, 5) is 0. The number of aliphatic hydroxyl groups is 1. The van der Waals surface area contributed by atoms with Crippen molar-refractivity contribution in [3.8, 4) is 0 Å². The molecule has 0 amide bonds. The third kappa shape index (κ3) is 4.54. The zero-order valence-corrected chi connectivity index (χ0v) is 11.8. The van der Waals surface area contributed by atoms with Crippen LogP contribution in [0.3, 0.4) is 0 Å². The SMILES string of the molecule is CCC(C)(O)CNS(=O)(=O)N1CCCC(C)C1. The molecule has 2 unspecified atom stereocenters. The number of nitrogens with zero attached hydrogens (tertiary/aromatic N) is 1. The van der Waals surface area contributed by atoms with Crippen LogP contribution >= 0.6 is 0 Å². The fourth-order valence-electron chi connectivity index (χ4n) is 1.83. The lowest BCUT2D eigenvalue weighted by Gasteiger charge is -2.31. The van der Waals surface area contributed by atoms with Crippen molar-refractivity contribution in [3.05, 3.63) is 0 Å². The monoisotopic (exact) mass is 264 g/mol. The van der Waals surface area contributed by atoms with Gasteiger partial charge in [0.1, 0.15) is 0 Å². The van der Waals surface area contributed by atoms with Gasteiger partial charge < -0.3 is 5.11 Å². The summed E-state index contributed by atoms with van der Waals surface area (Å²) in [5, 5.41) is 9.79. The average molecular weight is 264 g/mol. The van der Waals surface area contributed by atoms with Gasteiger partial charge in [0.05, 0.1) is 5.60 Å². The van der Waals surface area contributed by atoms with Gasteiger partial charge in [0.15, 0.2) is 0 Å². The van der Waals surface area contributed by atoms with Gasteiger partial charge in [-0.1, -0.05) is 13.8 Å². The van der Waals surface area contributed by atoms with Gasteiger partial charge in [-0.3, -0.25) is 0 Å². The molecule has 0 aromatic heterocycles. The molecule has 5 nitrogen and oxygen atoms in total. The number of hydrogen-bond acceptors (Lipinski definition) is 3. The van der Waals surface area contributed by atoms with Crippen molar-refractivity contribution in [2.75, 3.05) is 19.6 Å². The summed E-state index contributed by atoms with van der Waals surface area (Å²) >= 11 is 0. The Hall–Kier alpha value is -0.170. The molecule has 1 aliphatic rings. The molecule has 1 aliphatic heterocycles. The van der Waals surface area contributed by atoms with Crippen LogP contribution < -0.4 is 4.72 Å². The zero-order valence-electron chi connectivity index (χ0n) is 10.9. The molecule has 2 atom stereocenters. The van der Waals surface area contributed by atoms with Crippen molar-refractivity contribution in [1.29, 1.82) is 0 Å². The Kier molecular flexibility index (Phi) is 4.95. The third-order valence-electron chi connectivity index (χ3n) is 3.36. The highest BCUT2D eigenvalue weighted by molar-refractivity contribution is 7.87. The van der Waals surface area contributed by atoms with Crippen LogP contribution in [0.1, 0.15) is 40.0 Å². The molecule has 0 aromatic rings. The smallest absolute Gasteiger partial charge is 0.279 e. The molecule has 0 bridgehead atoms. The number of rotatable bonds is 5. The van der Waals surface area contributed by atoms with E-state index in [2.05, 4.69) is 11.6 Å². The molecule has 6 heteroatoms. The topological polar surface area (TPSA) is 69.6 Å². The Morgan fingerprint density at radius 3 is 2.71 bits per heavy atom. The molecule has 0 saturated carbocycles. The molecule has 1 heterocycles. The van der Waals surface area contributed by atoms with E-state index >= 15 is 0 Å². The summed E-state index contributed by atoms with van der Waals surface area (Å²) in [6.45, 7) is 6.74. The summed E-state index contributed by atoms with van der Waals surface area (Å²) in [5.74, 6) is 0.409. The minimum atomic E-state index is -3.44. The Balaban J connectivity index is 2.56. The van der Waals surface area contributed by atoms with Gasteiger partial charge in [0, 0.05) is 19.6 Å². The first-order chi connectivity index (χ1) is 7.77. The second kappa shape index (κ2) is 5.65. The second-order valence-corrected chi connectivity index (χ2v) is 7.04. The minimum Gasteiger partial charge on any atom is -0.389 e. The van der Waals surface area contributed by atoms with Crippen molar-refractivity contribution in [1.82, 2.24) is 9.03 Å². The van der Waals surface area contributed by atoms with Gasteiger partial charge in [-0.05, 0) is 32.1 Å². The van der Waals surface area contributed by atoms with Gasteiger partial charge in [-0.25, -0.2) is 0 Å². The van der Waals surface area contributed by atoms with E-state index in [9.17, 15) is 13.5 Å². The highest BCUT2D eigenvalue weighted by atomic mass is 32.2. The van der Waals surface area contributed by atoms with Gasteiger partial charge >= 0.3 is 0 Å². The summed E-state index contributed by atoms with van der Waals surface area (Å²) in [6, 6.07) is 0. The normalized spacial score (nSPS) is 26.7. The predicted octanol–water partition coefficient (Wildman–Crippen LogP) is 0.714. The van der Waals surface area contributed by atoms with E-state index in [-0.39, 0.29) is 6.54 Å². The van der Waals surface area contributed by atoms with Crippen LogP contribution in [0, 0.1) is 5.92 Å². The maximum Gasteiger partial charge on any atom is 0.279 e. The molecular weight excluding hydrogens is 240 g/mol. The predicted molar refractivity (Wildman–Crippen MR) is 67.8 cm³/mol. The van der Waals surface area contributed by atoms with Gasteiger partial charge in [-0.2, -0.15) is 17.4 Å². The third-order valence-corrected chi connectivity index (χ3v) is 4.88. The molecular formula is C11H24N2O3S. The van der Waals surface area contributed by atoms with Gasteiger partial charge in [0.25, 0.3) is 10.2 Å². The van der Waals surface area contributed by atoms with E-state index < -0.39 is 15.8 Å². The van der Waals surface area contributed by atoms with E-state index in [1.165, 1.54) is 4.31 Å². The van der Waals surface area contributed by atoms with Crippen molar-refractivity contribution in [2.45, 2.75) is 45.6 Å².